The predicted octanol–water partition coefficient (Wildman–Crippen LogP) is 7.31. The Morgan fingerprint density at radius 1 is 0.649 bits per heavy atom. The van der Waals surface area contributed by atoms with Crippen LogP contribution in [0.4, 0.5) is 0 Å². The lowest BCUT2D eigenvalue weighted by Gasteiger charge is -2.21. The van der Waals surface area contributed by atoms with Gasteiger partial charge in [-0.2, -0.15) is 0 Å². The number of hydrogen-bond acceptors (Lipinski definition) is 4. The van der Waals surface area contributed by atoms with Crippen molar-refractivity contribution >= 4 is 5.91 Å². The maximum Gasteiger partial charge on any atom is 0.249 e. The fraction of sp³-hybridized carbons (Fsp3) is 0.781. The monoisotopic (exact) mass is 521 g/mol. The first-order valence-electron chi connectivity index (χ1n) is 15.3. The first-order chi connectivity index (χ1) is 18.1. The molecule has 0 aromatic rings. The summed E-state index contributed by atoms with van der Waals surface area (Å²) in [5.74, 6) is -0.524. The Bertz CT molecular complexity index is 587. The second-order valence-electron chi connectivity index (χ2n) is 10.3. The Labute approximate surface area is 228 Å². The van der Waals surface area contributed by atoms with Crippen LogP contribution in [0.1, 0.15) is 136 Å². The molecule has 0 bridgehead atoms. The normalized spacial score (nSPS) is 14.6. The molecule has 0 rings (SSSR count). The summed E-state index contributed by atoms with van der Waals surface area (Å²) in [6, 6.07) is -0.814. The van der Waals surface area contributed by atoms with E-state index in [1.54, 1.807) is 6.08 Å². The molecule has 0 heterocycles. The third-order valence-electron chi connectivity index (χ3n) is 6.71. The van der Waals surface area contributed by atoms with Gasteiger partial charge in [-0.15, -0.1) is 0 Å². The Morgan fingerprint density at radius 2 is 1.11 bits per heavy atom. The van der Waals surface area contributed by atoms with Gasteiger partial charge in [0.1, 0.15) is 6.10 Å². The van der Waals surface area contributed by atoms with E-state index in [0.717, 1.165) is 44.9 Å². The van der Waals surface area contributed by atoms with Crippen LogP contribution in [0.15, 0.2) is 36.5 Å². The van der Waals surface area contributed by atoms with E-state index in [4.69, 9.17) is 0 Å². The SMILES string of the molecule is CCCCCC/C=C/CC/C=C/CC/C=C/C(O)C(CO)NC(=O)C(O)CCCCCCCCCCC. The van der Waals surface area contributed by atoms with Crippen molar-refractivity contribution in [1.82, 2.24) is 5.32 Å². The van der Waals surface area contributed by atoms with Crippen molar-refractivity contribution in [2.75, 3.05) is 6.61 Å². The lowest BCUT2D eigenvalue weighted by atomic mass is 10.0. The van der Waals surface area contributed by atoms with Gasteiger partial charge in [0.2, 0.25) is 5.91 Å². The maximum absolute atomic E-state index is 12.3. The number of rotatable bonds is 26. The van der Waals surface area contributed by atoms with Crippen LogP contribution < -0.4 is 5.32 Å². The molecule has 0 spiro atoms. The quantitative estimate of drug-likeness (QED) is 0.0710. The number of nitrogens with one attached hydrogen (secondary N) is 1. The first-order valence-corrected chi connectivity index (χ1v) is 15.3. The van der Waals surface area contributed by atoms with Crippen LogP contribution in [-0.2, 0) is 4.79 Å². The standard InChI is InChI=1S/C32H59NO4/c1-3-5-7-9-11-13-14-15-16-17-19-20-22-24-26-30(35)29(28-34)33-32(37)31(36)27-25-23-21-18-12-10-8-6-4-2/h13-14,17,19,24,26,29-31,34-36H,3-12,15-16,18,20-23,25,27-28H2,1-2H3,(H,33,37)/b14-13+,19-17+,26-24+. The highest BCUT2D eigenvalue weighted by Crippen LogP contribution is 2.12. The minimum atomic E-state index is -1.10. The van der Waals surface area contributed by atoms with Gasteiger partial charge >= 0.3 is 0 Å². The summed E-state index contributed by atoms with van der Waals surface area (Å²) in [7, 11) is 0. The molecule has 3 atom stereocenters. The Hall–Kier alpha value is -1.43. The summed E-state index contributed by atoms with van der Waals surface area (Å²) in [5, 5.41) is 32.6. The van der Waals surface area contributed by atoms with Crippen LogP contribution in [0.2, 0.25) is 0 Å². The van der Waals surface area contributed by atoms with Gasteiger partial charge in [-0.1, -0.05) is 127 Å². The van der Waals surface area contributed by atoms with Gasteiger partial charge in [0.05, 0.1) is 18.8 Å². The van der Waals surface area contributed by atoms with E-state index < -0.39 is 24.2 Å². The Morgan fingerprint density at radius 3 is 1.65 bits per heavy atom. The second kappa shape index (κ2) is 27.6. The van der Waals surface area contributed by atoms with E-state index in [0.29, 0.717) is 6.42 Å². The van der Waals surface area contributed by atoms with Gasteiger partial charge < -0.3 is 20.6 Å². The number of unbranched alkanes of at least 4 members (excludes halogenated alkanes) is 14. The van der Waals surface area contributed by atoms with E-state index >= 15 is 0 Å². The molecule has 0 fully saturated rings. The zero-order chi connectivity index (χ0) is 27.4. The summed E-state index contributed by atoms with van der Waals surface area (Å²) in [6.07, 6.45) is 31.5. The molecule has 37 heavy (non-hydrogen) atoms. The van der Waals surface area contributed by atoms with Gasteiger partial charge in [-0.3, -0.25) is 4.79 Å². The molecule has 0 aliphatic heterocycles. The third kappa shape index (κ3) is 23.4. The van der Waals surface area contributed by atoms with Crippen molar-refractivity contribution in [2.24, 2.45) is 0 Å². The van der Waals surface area contributed by atoms with Crippen LogP contribution in [0, 0.1) is 0 Å². The molecule has 0 saturated carbocycles. The topological polar surface area (TPSA) is 89.8 Å². The molecule has 0 aromatic heterocycles. The van der Waals surface area contributed by atoms with E-state index in [2.05, 4.69) is 43.5 Å². The lowest BCUT2D eigenvalue weighted by Crippen LogP contribution is -2.48. The molecule has 0 aliphatic rings. The molecule has 0 aliphatic carbocycles. The molecule has 216 valence electrons. The van der Waals surface area contributed by atoms with Crippen molar-refractivity contribution in [2.45, 2.75) is 154 Å². The predicted molar refractivity (Wildman–Crippen MR) is 158 cm³/mol. The van der Waals surface area contributed by atoms with E-state index in [1.807, 2.05) is 6.08 Å². The van der Waals surface area contributed by atoms with E-state index in [9.17, 15) is 20.1 Å². The van der Waals surface area contributed by atoms with E-state index in [1.165, 1.54) is 70.6 Å². The molecule has 5 nitrogen and oxygen atoms in total. The molecule has 3 unspecified atom stereocenters. The molecule has 0 radical (unpaired) electrons. The fourth-order valence-electron chi connectivity index (χ4n) is 4.21. The summed E-state index contributed by atoms with van der Waals surface area (Å²) >= 11 is 0. The summed E-state index contributed by atoms with van der Waals surface area (Å²) in [6.45, 7) is 4.07. The number of aliphatic hydroxyl groups is 3. The van der Waals surface area contributed by atoms with Gasteiger partial charge in [-0.25, -0.2) is 0 Å². The Balaban J connectivity index is 3.94. The average Bonchev–Trinajstić information content (AvgIpc) is 2.90. The lowest BCUT2D eigenvalue weighted by molar-refractivity contribution is -0.131. The van der Waals surface area contributed by atoms with Crippen molar-refractivity contribution in [3.63, 3.8) is 0 Å². The zero-order valence-electron chi connectivity index (χ0n) is 24.1. The number of aliphatic hydroxyl groups excluding tert-OH is 3. The first kappa shape index (κ1) is 35.6. The third-order valence-corrected chi connectivity index (χ3v) is 6.71. The minimum absolute atomic E-state index is 0.381. The molecule has 5 heteroatoms. The van der Waals surface area contributed by atoms with E-state index in [-0.39, 0.29) is 6.61 Å². The van der Waals surface area contributed by atoms with Gasteiger partial charge in [0.25, 0.3) is 0 Å². The van der Waals surface area contributed by atoms with Gasteiger partial charge in [0.15, 0.2) is 0 Å². The van der Waals surface area contributed by atoms with Crippen LogP contribution in [0.25, 0.3) is 0 Å². The molecule has 0 aromatic carbocycles. The van der Waals surface area contributed by atoms with Crippen molar-refractivity contribution in [3.8, 4) is 0 Å². The molecule has 4 N–H and O–H groups in total. The number of carbonyl (C=O) groups excluding carboxylic acids is 1. The maximum atomic E-state index is 12.3. The molecular weight excluding hydrogens is 462 g/mol. The number of allylic oxidation sites excluding steroid dienone is 5. The fourth-order valence-corrected chi connectivity index (χ4v) is 4.21. The minimum Gasteiger partial charge on any atom is -0.394 e. The molecule has 0 saturated heterocycles. The smallest absolute Gasteiger partial charge is 0.249 e. The number of hydrogen-bond donors (Lipinski definition) is 4. The summed E-state index contributed by atoms with van der Waals surface area (Å²) < 4.78 is 0. The highest BCUT2D eigenvalue weighted by Gasteiger charge is 2.22. The van der Waals surface area contributed by atoms with Crippen LogP contribution in [0.5, 0.6) is 0 Å². The highest BCUT2D eigenvalue weighted by molar-refractivity contribution is 5.80. The van der Waals surface area contributed by atoms with Crippen LogP contribution in [0.3, 0.4) is 0 Å². The van der Waals surface area contributed by atoms with Crippen molar-refractivity contribution < 1.29 is 20.1 Å². The highest BCUT2D eigenvalue weighted by atomic mass is 16.3. The number of carbonyl (C=O) groups is 1. The van der Waals surface area contributed by atoms with Gasteiger partial charge in [-0.05, 0) is 44.9 Å². The Kier molecular flexibility index (Phi) is 26.5. The van der Waals surface area contributed by atoms with Crippen LogP contribution in [-0.4, -0.2) is 46.1 Å². The molecular formula is C32H59NO4. The molecule has 1 amide bonds. The van der Waals surface area contributed by atoms with Gasteiger partial charge in [0, 0.05) is 0 Å². The summed E-state index contributed by atoms with van der Waals surface area (Å²) in [4.78, 5) is 12.3. The average molecular weight is 522 g/mol. The van der Waals surface area contributed by atoms with Crippen molar-refractivity contribution in [3.05, 3.63) is 36.5 Å². The van der Waals surface area contributed by atoms with Crippen LogP contribution >= 0.6 is 0 Å². The number of amides is 1. The largest absolute Gasteiger partial charge is 0.394 e. The second-order valence-corrected chi connectivity index (χ2v) is 10.3. The zero-order valence-corrected chi connectivity index (χ0v) is 24.1. The van der Waals surface area contributed by atoms with Crippen molar-refractivity contribution in [1.29, 1.82) is 0 Å². The summed E-state index contributed by atoms with van der Waals surface area (Å²) in [5.41, 5.74) is 0.